The number of nitrogens with one attached hydrogen (secondary N) is 2. The Labute approximate surface area is 166 Å². The van der Waals surface area contributed by atoms with E-state index in [0.717, 1.165) is 23.4 Å². The lowest BCUT2D eigenvalue weighted by Gasteiger charge is -2.14. The zero-order valence-electron chi connectivity index (χ0n) is 16.6. The largest absolute Gasteiger partial charge is 0.354 e. The zero-order chi connectivity index (χ0) is 19.9. The van der Waals surface area contributed by atoms with Gasteiger partial charge in [0.25, 0.3) is 5.91 Å². The molecule has 0 aliphatic rings. The first-order chi connectivity index (χ1) is 13.5. The third-order valence-electron chi connectivity index (χ3n) is 4.46. The molecule has 0 spiro atoms. The maximum atomic E-state index is 12.8. The number of rotatable bonds is 7. The lowest BCUT2D eigenvalue weighted by atomic mass is 10.0. The van der Waals surface area contributed by atoms with E-state index in [1.807, 2.05) is 49.4 Å². The molecular weight excluding hydrogens is 348 g/mol. The lowest BCUT2D eigenvalue weighted by molar-refractivity contribution is 0.102. The van der Waals surface area contributed by atoms with Crippen LogP contribution in [0.25, 0.3) is 0 Å². The van der Waals surface area contributed by atoms with Gasteiger partial charge < -0.3 is 10.6 Å². The van der Waals surface area contributed by atoms with Crippen molar-refractivity contribution in [2.24, 2.45) is 0 Å². The summed E-state index contributed by atoms with van der Waals surface area (Å²) in [6.45, 7) is 6.77. The first kappa shape index (κ1) is 19.5. The van der Waals surface area contributed by atoms with E-state index in [1.165, 1.54) is 5.56 Å². The topological polar surface area (TPSA) is 66.9 Å². The molecule has 0 aliphatic carbocycles. The normalized spacial score (nSPS) is 10.7. The minimum atomic E-state index is -0.232. The standard InChI is InChI=1S/C23H26N4O/c1-16(2)19-11-7-8-12-20(19)26-22(28)21-15-17(3)25-23(27-21)24-14-13-18-9-5-4-6-10-18/h4-12,15-16H,13-14H2,1-3H3,(H,26,28)(H,24,25,27). The van der Waals surface area contributed by atoms with Crippen LogP contribution in [0.5, 0.6) is 0 Å². The predicted molar refractivity (Wildman–Crippen MR) is 114 cm³/mol. The number of amides is 1. The van der Waals surface area contributed by atoms with Gasteiger partial charge in [0.1, 0.15) is 5.69 Å². The molecule has 0 fully saturated rings. The Kier molecular flexibility index (Phi) is 6.37. The van der Waals surface area contributed by atoms with E-state index in [-0.39, 0.29) is 5.91 Å². The fourth-order valence-electron chi connectivity index (χ4n) is 3.03. The molecule has 0 saturated carbocycles. The molecule has 2 N–H and O–H groups in total. The Bertz CT molecular complexity index is 938. The summed E-state index contributed by atoms with van der Waals surface area (Å²) in [5.74, 6) is 0.557. The summed E-state index contributed by atoms with van der Waals surface area (Å²) in [7, 11) is 0. The van der Waals surface area contributed by atoms with E-state index in [1.54, 1.807) is 6.07 Å². The minimum absolute atomic E-state index is 0.232. The van der Waals surface area contributed by atoms with Gasteiger partial charge in [-0.15, -0.1) is 0 Å². The molecule has 1 amide bonds. The number of benzene rings is 2. The lowest BCUT2D eigenvalue weighted by Crippen LogP contribution is -2.17. The third-order valence-corrected chi connectivity index (χ3v) is 4.46. The Morgan fingerprint density at radius 2 is 1.71 bits per heavy atom. The van der Waals surface area contributed by atoms with E-state index in [0.29, 0.717) is 24.1 Å². The average molecular weight is 374 g/mol. The second-order valence-corrected chi connectivity index (χ2v) is 7.08. The number of nitrogens with zero attached hydrogens (tertiary/aromatic N) is 2. The molecule has 0 aliphatic heterocycles. The summed E-state index contributed by atoms with van der Waals surface area (Å²) in [5, 5.41) is 6.21. The van der Waals surface area contributed by atoms with Crippen molar-refractivity contribution < 1.29 is 4.79 Å². The van der Waals surface area contributed by atoms with Crippen LogP contribution in [-0.2, 0) is 6.42 Å². The number of carbonyl (C=O) groups excluding carboxylic acids is 1. The summed E-state index contributed by atoms with van der Waals surface area (Å²) in [6, 6.07) is 19.8. The van der Waals surface area contributed by atoms with Crippen molar-refractivity contribution in [1.29, 1.82) is 0 Å². The van der Waals surface area contributed by atoms with E-state index >= 15 is 0 Å². The molecule has 1 aromatic heterocycles. The second kappa shape index (κ2) is 9.13. The van der Waals surface area contributed by atoms with Crippen molar-refractivity contribution in [3.05, 3.63) is 83.2 Å². The van der Waals surface area contributed by atoms with Crippen molar-refractivity contribution in [3.8, 4) is 0 Å². The maximum Gasteiger partial charge on any atom is 0.274 e. The van der Waals surface area contributed by atoms with Crippen LogP contribution in [0.1, 0.15) is 47.1 Å². The first-order valence-corrected chi connectivity index (χ1v) is 9.56. The Morgan fingerprint density at radius 3 is 2.46 bits per heavy atom. The van der Waals surface area contributed by atoms with E-state index < -0.39 is 0 Å². The van der Waals surface area contributed by atoms with Gasteiger partial charge in [0.2, 0.25) is 5.95 Å². The number of carbonyl (C=O) groups is 1. The number of hydrogen-bond acceptors (Lipinski definition) is 4. The molecule has 144 valence electrons. The minimum Gasteiger partial charge on any atom is -0.354 e. The van der Waals surface area contributed by atoms with Gasteiger partial charge in [0, 0.05) is 17.9 Å². The van der Waals surface area contributed by atoms with Crippen molar-refractivity contribution in [3.63, 3.8) is 0 Å². The van der Waals surface area contributed by atoms with Gasteiger partial charge in [0.15, 0.2) is 0 Å². The average Bonchev–Trinajstić information content (AvgIpc) is 2.68. The first-order valence-electron chi connectivity index (χ1n) is 9.56. The third kappa shape index (κ3) is 5.16. The van der Waals surface area contributed by atoms with Crippen molar-refractivity contribution in [2.75, 3.05) is 17.2 Å². The van der Waals surface area contributed by atoms with Crippen molar-refractivity contribution >= 4 is 17.5 Å². The fourth-order valence-corrected chi connectivity index (χ4v) is 3.03. The van der Waals surface area contributed by atoms with Gasteiger partial charge in [-0.25, -0.2) is 9.97 Å². The fraction of sp³-hybridized carbons (Fsp3) is 0.261. The molecule has 5 heteroatoms. The quantitative estimate of drug-likeness (QED) is 0.622. The van der Waals surface area contributed by atoms with E-state index in [4.69, 9.17) is 0 Å². The maximum absolute atomic E-state index is 12.8. The van der Waals surface area contributed by atoms with Crippen LogP contribution >= 0.6 is 0 Å². The van der Waals surface area contributed by atoms with Crippen LogP contribution in [0, 0.1) is 6.92 Å². The predicted octanol–water partition coefficient (Wildman–Crippen LogP) is 4.82. The summed E-state index contributed by atoms with van der Waals surface area (Å²) >= 11 is 0. The molecule has 1 heterocycles. The molecule has 3 aromatic rings. The Hall–Kier alpha value is -3.21. The number of aromatic nitrogens is 2. The van der Waals surface area contributed by atoms with Crippen molar-refractivity contribution in [2.45, 2.75) is 33.1 Å². The van der Waals surface area contributed by atoms with Crippen LogP contribution < -0.4 is 10.6 Å². The van der Waals surface area contributed by atoms with Crippen LogP contribution in [0.4, 0.5) is 11.6 Å². The SMILES string of the molecule is Cc1cc(C(=O)Nc2ccccc2C(C)C)nc(NCCc2ccccc2)n1. The molecule has 0 saturated heterocycles. The molecule has 5 nitrogen and oxygen atoms in total. The van der Waals surface area contributed by atoms with Crippen LogP contribution in [-0.4, -0.2) is 22.4 Å². The summed E-state index contributed by atoms with van der Waals surface area (Å²) in [6.07, 6.45) is 0.863. The number of para-hydroxylation sites is 1. The van der Waals surface area contributed by atoms with Gasteiger partial charge >= 0.3 is 0 Å². The van der Waals surface area contributed by atoms with Gasteiger partial charge in [-0.05, 0) is 42.5 Å². The number of hydrogen-bond donors (Lipinski definition) is 2. The Morgan fingerprint density at radius 1 is 1.00 bits per heavy atom. The van der Waals surface area contributed by atoms with Gasteiger partial charge in [-0.1, -0.05) is 62.4 Å². The van der Waals surface area contributed by atoms with Crippen LogP contribution in [0.2, 0.25) is 0 Å². The molecule has 28 heavy (non-hydrogen) atoms. The number of anilines is 2. The molecule has 2 aromatic carbocycles. The van der Waals surface area contributed by atoms with Gasteiger partial charge in [-0.2, -0.15) is 0 Å². The van der Waals surface area contributed by atoms with Gasteiger partial charge in [-0.3, -0.25) is 4.79 Å². The molecule has 0 unspecified atom stereocenters. The highest BCUT2D eigenvalue weighted by molar-refractivity contribution is 6.03. The summed E-state index contributed by atoms with van der Waals surface area (Å²) < 4.78 is 0. The second-order valence-electron chi connectivity index (χ2n) is 7.08. The summed E-state index contributed by atoms with van der Waals surface area (Å²) in [4.78, 5) is 21.6. The van der Waals surface area contributed by atoms with Crippen molar-refractivity contribution in [1.82, 2.24) is 9.97 Å². The van der Waals surface area contributed by atoms with Crippen LogP contribution in [0.3, 0.4) is 0 Å². The van der Waals surface area contributed by atoms with E-state index in [9.17, 15) is 4.79 Å². The zero-order valence-corrected chi connectivity index (χ0v) is 16.6. The van der Waals surface area contributed by atoms with Gasteiger partial charge in [0.05, 0.1) is 0 Å². The van der Waals surface area contributed by atoms with E-state index in [2.05, 4.69) is 46.6 Å². The Balaban J connectivity index is 1.69. The molecule has 3 rings (SSSR count). The highest BCUT2D eigenvalue weighted by Gasteiger charge is 2.14. The smallest absolute Gasteiger partial charge is 0.274 e. The molecule has 0 radical (unpaired) electrons. The highest BCUT2D eigenvalue weighted by Crippen LogP contribution is 2.24. The highest BCUT2D eigenvalue weighted by atomic mass is 16.1. The summed E-state index contributed by atoms with van der Waals surface area (Å²) in [5.41, 5.74) is 4.26. The molecular formula is C23H26N4O. The molecule has 0 atom stereocenters. The number of aryl methyl sites for hydroxylation is 1. The van der Waals surface area contributed by atoms with Crippen LogP contribution in [0.15, 0.2) is 60.7 Å². The molecule has 0 bridgehead atoms. The monoisotopic (exact) mass is 374 g/mol.